The summed E-state index contributed by atoms with van der Waals surface area (Å²) in [5.74, 6) is 1.96. The lowest BCUT2D eigenvalue weighted by molar-refractivity contribution is 0.0240. The Morgan fingerprint density at radius 2 is 1.39 bits per heavy atom. The highest BCUT2D eigenvalue weighted by Crippen LogP contribution is 2.29. The number of ether oxygens (including phenoxy) is 3. The van der Waals surface area contributed by atoms with Gasteiger partial charge in [-0.05, 0) is 69.3 Å². The molecule has 0 saturated carbocycles. The van der Waals surface area contributed by atoms with Gasteiger partial charge in [-0.2, -0.15) is 4.98 Å². The van der Waals surface area contributed by atoms with Gasteiger partial charge in [0, 0.05) is 26.2 Å². The van der Waals surface area contributed by atoms with Crippen molar-refractivity contribution in [1.29, 1.82) is 0 Å². The molecule has 0 atom stereocenters. The molecule has 2 heterocycles. The number of anilines is 1. The molecule has 0 unspecified atom stereocenters. The first-order valence-electron chi connectivity index (χ1n) is 11.7. The van der Waals surface area contributed by atoms with Crippen LogP contribution < -0.4 is 20.1 Å². The van der Waals surface area contributed by atoms with Crippen LogP contribution in [0.1, 0.15) is 31.1 Å². The Morgan fingerprint density at radius 3 is 1.97 bits per heavy atom. The second-order valence-corrected chi connectivity index (χ2v) is 9.33. The predicted molar refractivity (Wildman–Crippen MR) is 136 cm³/mol. The summed E-state index contributed by atoms with van der Waals surface area (Å²) in [5.41, 5.74) is 5.19. The monoisotopic (exact) mass is 490 g/mol. The lowest BCUT2D eigenvalue weighted by atomic mass is 10.2. The van der Waals surface area contributed by atoms with E-state index in [0.29, 0.717) is 43.5 Å². The van der Waals surface area contributed by atoms with Crippen molar-refractivity contribution in [3.05, 3.63) is 72.3 Å². The highest BCUT2D eigenvalue weighted by molar-refractivity contribution is 5.95. The molecule has 4 rings (SSSR count). The summed E-state index contributed by atoms with van der Waals surface area (Å²) >= 11 is 0. The molecular formula is C27H30N4O5. The molecule has 1 aliphatic heterocycles. The van der Waals surface area contributed by atoms with Crippen molar-refractivity contribution in [2.24, 2.45) is 5.73 Å². The molecule has 3 aromatic rings. The van der Waals surface area contributed by atoms with Crippen LogP contribution in [0.4, 0.5) is 10.6 Å². The van der Waals surface area contributed by atoms with Crippen molar-refractivity contribution in [1.82, 2.24) is 9.88 Å². The zero-order chi connectivity index (χ0) is 25.7. The van der Waals surface area contributed by atoms with Gasteiger partial charge in [0.2, 0.25) is 5.88 Å². The van der Waals surface area contributed by atoms with Gasteiger partial charge < -0.3 is 29.7 Å². The van der Waals surface area contributed by atoms with Gasteiger partial charge in [-0.15, -0.1) is 0 Å². The van der Waals surface area contributed by atoms with Crippen molar-refractivity contribution < 1.29 is 23.8 Å². The summed E-state index contributed by atoms with van der Waals surface area (Å²) in [6.45, 7) is 7.64. The van der Waals surface area contributed by atoms with Crippen LogP contribution in [0.5, 0.6) is 23.1 Å². The van der Waals surface area contributed by atoms with Crippen LogP contribution in [-0.2, 0) is 4.74 Å². The number of benzene rings is 2. The lowest BCUT2D eigenvalue weighted by Crippen LogP contribution is -2.50. The molecular weight excluding hydrogens is 460 g/mol. The number of carbonyl (C=O) groups excluding carboxylic acids is 2. The molecule has 1 aromatic heterocycles. The highest BCUT2D eigenvalue weighted by atomic mass is 16.6. The summed E-state index contributed by atoms with van der Waals surface area (Å²) in [4.78, 5) is 32.6. The minimum atomic E-state index is -0.636. The molecule has 2 amide bonds. The van der Waals surface area contributed by atoms with Gasteiger partial charge >= 0.3 is 6.09 Å². The molecule has 0 aliphatic carbocycles. The van der Waals surface area contributed by atoms with Crippen molar-refractivity contribution in [2.75, 3.05) is 31.1 Å². The number of pyridine rings is 1. The van der Waals surface area contributed by atoms with Crippen LogP contribution in [0, 0.1) is 0 Å². The molecule has 0 bridgehead atoms. The first-order chi connectivity index (χ1) is 17.2. The standard InChI is InChI=1S/C27H30N4O5/c1-27(2,3)36-26(33)31-17-15-30(16-18-31)23-14-13-22(24(28)32)25(29-23)35-21-11-9-20(10-12-21)34-19-7-5-4-6-8-19/h4-14H,15-18H2,1-3H3,(H2,28,32). The number of primary amides is 1. The molecule has 2 N–H and O–H groups in total. The Hall–Kier alpha value is -4.27. The smallest absolute Gasteiger partial charge is 0.410 e. The summed E-state index contributed by atoms with van der Waals surface area (Å²) in [6, 6.07) is 19.8. The van der Waals surface area contributed by atoms with Crippen molar-refractivity contribution in [3.63, 3.8) is 0 Å². The number of carbonyl (C=O) groups is 2. The Labute approximate surface area is 210 Å². The minimum absolute atomic E-state index is 0.117. The highest BCUT2D eigenvalue weighted by Gasteiger charge is 2.27. The number of piperazine rings is 1. The number of hydrogen-bond donors (Lipinski definition) is 1. The van der Waals surface area contributed by atoms with Crippen molar-refractivity contribution >= 4 is 17.8 Å². The molecule has 36 heavy (non-hydrogen) atoms. The van der Waals surface area contributed by atoms with Crippen molar-refractivity contribution in [3.8, 4) is 23.1 Å². The summed E-state index contributed by atoms with van der Waals surface area (Å²) in [6.07, 6.45) is -0.331. The number of nitrogens with zero attached hydrogens (tertiary/aromatic N) is 3. The van der Waals surface area contributed by atoms with Gasteiger partial charge in [0.25, 0.3) is 5.91 Å². The normalized spacial score (nSPS) is 13.8. The van der Waals surface area contributed by atoms with Gasteiger partial charge in [0.1, 0.15) is 34.2 Å². The number of para-hydroxylation sites is 1. The Morgan fingerprint density at radius 1 is 0.806 bits per heavy atom. The third kappa shape index (κ3) is 6.44. The quantitative estimate of drug-likeness (QED) is 0.528. The Balaban J connectivity index is 1.44. The van der Waals surface area contributed by atoms with Crippen LogP contribution >= 0.6 is 0 Å². The van der Waals surface area contributed by atoms with E-state index in [1.807, 2.05) is 56.0 Å². The fourth-order valence-electron chi connectivity index (χ4n) is 3.63. The second-order valence-electron chi connectivity index (χ2n) is 9.33. The van der Waals surface area contributed by atoms with E-state index in [0.717, 1.165) is 5.75 Å². The summed E-state index contributed by atoms with van der Waals surface area (Å²) in [7, 11) is 0. The number of aromatic nitrogens is 1. The number of nitrogens with two attached hydrogens (primary N) is 1. The van der Waals surface area contributed by atoms with E-state index >= 15 is 0 Å². The zero-order valence-electron chi connectivity index (χ0n) is 20.6. The van der Waals surface area contributed by atoms with E-state index < -0.39 is 11.5 Å². The number of amides is 2. The van der Waals surface area contributed by atoms with Gasteiger partial charge in [-0.25, -0.2) is 4.79 Å². The molecule has 9 heteroatoms. The average Bonchev–Trinajstić information content (AvgIpc) is 2.85. The topological polar surface area (TPSA) is 107 Å². The SMILES string of the molecule is CC(C)(C)OC(=O)N1CCN(c2ccc(C(N)=O)c(Oc3ccc(Oc4ccccc4)cc3)n2)CC1. The fourth-order valence-corrected chi connectivity index (χ4v) is 3.63. The molecule has 0 radical (unpaired) electrons. The first kappa shape index (κ1) is 24.8. The van der Waals surface area contributed by atoms with E-state index in [-0.39, 0.29) is 17.5 Å². The Bertz CT molecular complexity index is 1200. The maximum absolute atomic E-state index is 12.3. The van der Waals surface area contributed by atoms with E-state index in [1.165, 1.54) is 0 Å². The third-order valence-corrected chi connectivity index (χ3v) is 5.38. The van der Waals surface area contributed by atoms with Gasteiger partial charge in [-0.1, -0.05) is 18.2 Å². The molecule has 188 valence electrons. The minimum Gasteiger partial charge on any atom is -0.457 e. The molecule has 9 nitrogen and oxygen atoms in total. The van der Waals surface area contributed by atoms with Gasteiger partial charge in [0.05, 0.1) is 0 Å². The third-order valence-electron chi connectivity index (χ3n) is 5.38. The van der Waals surface area contributed by atoms with Gasteiger partial charge in [0.15, 0.2) is 0 Å². The van der Waals surface area contributed by atoms with Crippen LogP contribution in [0.15, 0.2) is 66.7 Å². The summed E-state index contributed by atoms with van der Waals surface area (Å²) < 4.78 is 17.2. The molecule has 1 aliphatic rings. The van der Waals surface area contributed by atoms with E-state index in [4.69, 9.17) is 19.9 Å². The number of rotatable bonds is 6. The lowest BCUT2D eigenvalue weighted by Gasteiger charge is -2.36. The molecule has 2 aromatic carbocycles. The summed E-state index contributed by atoms with van der Waals surface area (Å²) in [5, 5.41) is 0. The predicted octanol–water partition coefficient (Wildman–Crippen LogP) is 4.82. The van der Waals surface area contributed by atoms with Gasteiger partial charge in [-0.3, -0.25) is 4.79 Å². The zero-order valence-corrected chi connectivity index (χ0v) is 20.6. The van der Waals surface area contributed by atoms with E-state index in [2.05, 4.69) is 4.98 Å². The van der Waals surface area contributed by atoms with Crippen LogP contribution in [0.25, 0.3) is 0 Å². The van der Waals surface area contributed by atoms with Crippen LogP contribution in [-0.4, -0.2) is 53.7 Å². The molecule has 1 fully saturated rings. The molecule has 1 saturated heterocycles. The van der Waals surface area contributed by atoms with E-state index in [1.54, 1.807) is 41.3 Å². The molecule has 0 spiro atoms. The largest absolute Gasteiger partial charge is 0.457 e. The van der Waals surface area contributed by atoms with Crippen molar-refractivity contribution in [2.45, 2.75) is 26.4 Å². The van der Waals surface area contributed by atoms with E-state index in [9.17, 15) is 9.59 Å². The van der Waals surface area contributed by atoms with Crippen LogP contribution in [0.3, 0.4) is 0 Å². The maximum Gasteiger partial charge on any atom is 0.410 e. The fraction of sp³-hybridized carbons (Fsp3) is 0.296. The number of hydrogen-bond acceptors (Lipinski definition) is 7. The Kier molecular flexibility index (Phi) is 7.28. The van der Waals surface area contributed by atoms with Crippen LogP contribution in [0.2, 0.25) is 0 Å². The average molecular weight is 491 g/mol. The second kappa shape index (κ2) is 10.6. The first-order valence-corrected chi connectivity index (χ1v) is 11.7. The maximum atomic E-state index is 12.3.